The molecule has 0 spiro atoms. The molecule has 0 aliphatic heterocycles. The SMILES string of the molecule is CC(=O)N(CC(=O)Nc1ccc(Cl)cc1)c1ccc(F)cc1F. The Morgan fingerprint density at radius 2 is 1.78 bits per heavy atom. The van der Waals surface area contributed by atoms with Crippen LogP contribution in [0.1, 0.15) is 6.92 Å². The summed E-state index contributed by atoms with van der Waals surface area (Å²) in [7, 11) is 0. The molecule has 2 amide bonds. The molecule has 4 nitrogen and oxygen atoms in total. The van der Waals surface area contributed by atoms with Gasteiger partial charge in [-0.1, -0.05) is 11.6 Å². The zero-order valence-electron chi connectivity index (χ0n) is 12.1. The fourth-order valence-electron chi connectivity index (χ4n) is 1.94. The standard InChI is InChI=1S/C16H13ClF2N2O2/c1-10(22)21(15-7-4-12(18)8-14(15)19)9-16(23)20-13-5-2-11(17)3-6-13/h2-8H,9H2,1H3,(H,20,23). The second-order valence-electron chi connectivity index (χ2n) is 4.76. The summed E-state index contributed by atoms with van der Waals surface area (Å²) in [6.07, 6.45) is 0. The molecule has 2 aromatic rings. The molecular weight excluding hydrogens is 326 g/mol. The number of carbonyl (C=O) groups is 2. The smallest absolute Gasteiger partial charge is 0.244 e. The molecule has 0 unspecified atom stereocenters. The second-order valence-corrected chi connectivity index (χ2v) is 5.19. The van der Waals surface area contributed by atoms with E-state index in [1.807, 2.05) is 0 Å². The van der Waals surface area contributed by atoms with Gasteiger partial charge >= 0.3 is 0 Å². The lowest BCUT2D eigenvalue weighted by Gasteiger charge is -2.21. The van der Waals surface area contributed by atoms with Gasteiger partial charge in [0, 0.05) is 23.7 Å². The molecule has 120 valence electrons. The third kappa shape index (κ3) is 4.50. The van der Waals surface area contributed by atoms with Gasteiger partial charge in [0.2, 0.25) is 11.8 Å². The second kappa shape index (κ2) is 7.19. The zero-order valence-corrected chi connectivity index (χ0v) is 12.9. The lowest BCUT2D eigenvalue weighted by molar-refractivity contribution is -0.120. The van der Waals surface area contributed by atoms with E-state index in [-0.39, 0.29) is 5.69 Å². The van der Waals surface area contributed by atoms with Crippen LogP contribution in [0.4, 0.5) is 20.2 Å². The molecule has 7 heteroatoms. The van der Waals surface area contributed by atoms with Gasteiger partial charge in [-0.3, -0.25) is 9.59 Å². The van der Waals surface area contributed by atoms with Crippen LogP contribution in [0.25, 0.3) is 0 Å². The highest BCUT2D eigenvalue weighted by Crippen LogP contribution is 2.20. The molecule has 0 heterocycles. The number of hydrogen-bond donors (Lipinski definition) is 1. The summed E-state index contributed by atoms with van der Waals surface area (Å²) in [5.74, 6) is -2.74. The number of hydrogen-bond acceptors (Lipinski definition) is 2. The van der Waals surface area contributed by atoms with Crippen LogP contribution < -0.4 is 10.2 Å². The number of nitrogens with zero attached hydrogens (tertiary/aromatic N) is 1. The van der Waals surface area contributed by atoms with Gasteiger partial charge in [0.1, 0.15) is 18.2 Å². The first-order valence-corrected chi connectivity index (χ1v) is 7.03. The maximum atomic E-state index is 13.8. The quantitative estimate of drug-likeness (QED) is 0.925. The van der Waals surface area contributed by atoms with E-state index in [1.165, 1.54) is 6.92 Å². The molecule has 2 rings (SSSR count). The Labute approximate surface area is 136 Å². The predicted octanol–water partition coefficient (Wildman–Crippen LogP) is 3.61. The van der Waals surface area contributed by atoms with E-state index in [1.54, 1.807) is 24.3 Å². The third-order valence-electron chi connectivity index (χ3n) is 3.01. The fourth-order valence-corrected chi connectivity index (χ4v) is 2.07. The van der Waals surface area contributed by atoms with Crippen molar-refractivity contribution >= 4 is 34.8 Å². The minimum atomic E-state index is -0.917. The zero-order chi connectivity index (χ0) is 17.0. The molecule has 0 saturated carbocycles. The number of carbonyl (C=O) groups excluding carboxylic acids is 2. The normalized spacial score (nSPS) is 10.3. The summed E-state index contributed by atoms with van der Waals surface area (Å²) >= 11 is 5.75. The molecule has 0 saturated heterocycles. The highest BCUT2D eigenvalue weighted by molar-refractivity contribution is 6.30. The van der Waals surface area contributed by atoms with Crippen molar-refractivity contribution in [2.24, 2.45) is 0 Å². The first-order valence-electron chi connectivity index (χ1n) is 6.65. The highest BCUT2D eigenvalue weighted by Gasteiger charge is 2.19. The summed E-state index contributed by atoms with van der Waals surface area (Å²) in [6, 6.07) is 9.17. The molecule has 2 aromatic carbocycles. The van der Waals surface area contributed by atoms with Crippen LogP contribution in [-0.4, -0.2) is 18.4 Å². The molecule has 0 aromatic heterocycles. The first-order chi connectivity index (χ1) is 10.9. The Morgan fingerprint density at radius 1 is 1.13 bits per heavy atom. The van der Waals surface area contributed by atoms with Gasteiger partial charge in [-0.25, -0.2) is 8.78 Å². The molecule has 0 atom stereocenters. The first kappa shape index (κ1) is 16.9. The number of benzene rings is 2. The Balaban J connectivity index is 2.14. The molecule has 0 aliphatic carbocycles. The molecular formula is C16H13ClF2N2O2. The van der Waals surface area contributed by atoms with Crippen molar-refractivity contribution in [1.82, 2.24) is 0 Å². The van der Waals surface area contributed by atoms with Gasteiger partial charge in [-0.05, 0) is 36.4 Å². The Morgan fingerprint density at radius 3 is 2.35 bits per heavy atom. The number of halogens is 3. The number of amides is 2. The summed E-state index contributed by atoms with van der Waals surface area (Å²) in [4.78, 5) is 24.6. The lowest BCUT2D eigenvalue weighted by atomic mass is 10.2. The number of nitrogens with one attached hydrogen (secondary N) is 1. The Hall–Kier alpha value is -2.47. The molecule has 0 aliphatic rings. The van der Waals surface area contributed by atoms with Gasteiger partial charge < -0.3 is 10.2 Å². The van der Waals surface area contributed by atoms with E-state index in [9.17, 15) is 18.4 Å². The van der Waals surface area contributed by atoms with Gasteiger partial charge in [-0.2, -0.15) is 0 Å². The van der Waals surface area contributed by atoms with Crippen LogP contribution in [0.5, 0.6) is 0 Å². The van der Waals surface area contributed by atoms with Crippen molar-refractivity contribution in [3.8, 4) is 0 Å². The van der Waals surface area contributed by atoms with E-state index >= 15 is 0 Å². The summed E-state index contributed by atoms with van der Waals surface area (Å²) in [5, 5.41) is 3.08. The molecule has 0 fully saturated rings. The minimum Gasteiger partial charge on any atom is -0.325 e. The average molecular weight is 339 g/mol. The van der Waals surface area contributed by atoms with Crippen molar-refractivity contribution in [3.05, 3.63) is 59.1 Å². The summed E-state index contributed by atoms with van der Waals surface area (Å²) < 4.78 is 26.8. The lowest BCUT2D eigenvalue weighted by Crippen LogP contribution is -2.37. The van der Waals surface area contributed by atoms with Crippen molar-refractivity contribution in [1.29, 1.82) is 0 Å². The molecule has 0 radical (unpaired) electrons. The van der Waals surface area contributed by atoms with Crippen molar-refractivity contribution in [3.63, 3.8) is 0 Å². The molecule has 23 heavy (non-hydrogen) atoms. The number of rotatable bonds is 4. The van der Waals surface area contributed by atoms with Gasteiger partial charge in [0.25, 0.3) is 0 Å². The highest BCUT2D eigenvalue weighted by atomic mass is 35.5. The van der Waals surface area contributed by atoms with Gasteiger partial charge in [0.05, 0.1) is 5.69 Å². The molecule has 1 N–H and O–H groups in total. The average Bonchev–Trinajstić information content (AvgIpc) is 2.48. The Kier molecular flexibility index (Phi) is 5.28. The summed E-state index contributed by atoms with van der Waals surface area (Å²) in [5.41, 5.74) is 0.327. The van der Waals surface area contributed by atoms with Crippen LogP contribution in [0.15, 0.2) is 42.5 Å². The van der Waals surface area contributed by atoms with Gasteiger partial charge in [0.15, 0.2) is 0 Å². The van der Waals surface area contributed by atoms with Crippen LogP contribution in [0.3, 0.4) is 0 Å². The number of anilines is 2. The van der Waals surface area contributed by atoms with E-state index in [0.717, 1.165) is 17.0 Å². The van der Waals surface area contributed by atoms with E-state index in [2.05, 4.69) is 5.32 Å². The maximum Gasteiger partial charge on any atom is 0.244 e. The minimum absolute atomic E-state index is 0.162. The van der Waals surface area contributed by atoms with Gasteiger partial charge in [-0.15, -0.1) is 0 Å². The van der Waals surface area contributed by atoms with Crippen LogP contribution in [0.2, 0.25) is 5.02 Å². The fraction of sp³-hybridized carbons (Fsp3) is 0.125. The van der Waals surface area contributed by atoms with Crippen LogP contribution in [-0.2, 0) is 9.59 Å². The topological polar surface area (TPSA) is 49.4 Å². The Bertz CT molecular complexity index is 735. The van der Waals surface area contributed by atoms with E-state index in [0.29, 0.717) is 16.8 Å². The predicted molar refractivity (Wildman–Crippen MR) is 84.5 cm³/mol. The van der Waals surface area contributed by atoms with E-state index in [4.69, 9.17) is 11.6 Å². The molecule has 0 bridgehead atoms. The van der Waals surface area contributed by atoms with Crippen molar-refractivity contribution < 1.29 is 18.4 Å². The monoisotopic (exact) mass is 338 g/mol. The summed E-state index contributed by atoms with van der Waals surface area (Å²) in [6.45, 7) is 0.791. The van der Waals surface area contributed by atoms with Crippen molar-refractivity contribution in [2.45, 2.75) is 6.92 Å². The third-order valence-corrected chi connectivity index (χ3v) is 3.26. The van der Waals surface area contributed by atoms with E-state index < -0.39 is 30.0 Å². The van der Waals surface area contributed by atoms with Crippen LogP contribution in [0, 0.1) is 11.6 Å². The maximum absolute atomic E-state index is 13.8. The van der Waals surface area contributed by atoms with Crippen molar-refractivity contribution in [2.75, 3.05) is 16.8 Å². The van der Waals surface area contributed by atoms with Crippen LogP contribution >= 0.6 is 11.6 Å². The largest absolute Gasteiger partial charge is 0.325 e.